The van der Waals surface area contributed by atoms with Crippen LogP contribution >= 0.6 is 0 Å². The summed E-state index contributed by atoms with van der Waals surface area (Å²) in [5, 5.41) is 0. The van der Waals surface area contributed by atoms with Crippen molar-refractivity contribution in [2.45, 2.75) is 23.6 Å². The molecule has 2 radical (unpaired) electrons. The molecule has 1 aromatic carbocycles. The van der Waals surface area contributed by atoms with Crippen LogP contribution in [-0.4, -0.2) is 38.1 Å². The van der Waals surface area contributed by atoms with Gasteiger partial charge in [0.1, 0.15) is 5.75 Å². The molecule has 1 rings (SSSR count). The summed E-state index contributed by atoms with van der Waals surface area (Å²) in [5.41, 5.74) is 0.0890. The lowest BCUT2D eigenvalue weighted by molar-refractivity contribution is -0.322. The van der Waals surface area contributed by atoms with E-state index < -0.39 is 33.2 Å². The first-order chi connectivity index (χ1) is 9.76. The van der Waals surface area contributed by atoms with Gasteiger partial charge in [-0.15, -0.1) is 0 Å². The number of halogens is 6. The first-order valence-electron chi connectivity index (χ1n) is 5.35. The van der Waals surface area contributed by atoms with E-state index in [4.69, 9.17) is 12.4 Å². The highest BCUT2D eigenvalue weighted by Gasteiger charge is 2.82. The summed E-state index contributed by atoms with van der Waals surface area (Å²) >= 11 is 0. The summed E-state index contributed by atoms with van der Waals surface area (Å²) in [6.07, 6.45) is -13.2. The average molecular weight is 348 g/mol. The molecule has 1 aromatic rings. The fourth-order valence-electron chi connectivity index (χ4n) is 1.52. The van der Waals surface area contributed by atoms with Crippen molar-refractivity contribution >= 4 is 18.0 Å². The summed E-state index contributed by atoms with van der Waals surface area (Å²) in [6, 6.07) is 3.64. The Kier molecular flexibility index (Phi) is 4.78. The highest BCUT2D eigenvalue weighted by molar-refractivity contribution is 7.87. The lowest BCUT2D eigenvalue weighted by atomic mass is 9.97. The van der Waals surface area contributed by atoms with Crippen LogP contribution in [0.5, 0.6) is 5.75 Å². The quantitative estimate of drug-likeness (QED) is 0.516. The van der Waals surface area contributed by atoms with Gasteiger partial charge in [-0.25, -0.2) is 0 Å². The maximum absolute atomic E-state index is 12.8. The number of rotatable bonds is 4. The number of hydrogen-bond donors (Lipinski definition) is 1. The maximum Gasteiger partial charge on any atom is 0.456 e. The van der Waals surface area contributed by atoms with Gasteiger partial charge in [0.05, 0.1) is 7.85 Å². The number of hydrogen-bond acceptors (Lipinski definition) is 3. The molecular weight excluding hydrogens is 341 g/mol. The highest BCUT2D eigenvalue weighted by atomic mass is 32.2. The smallest absolute Gasteiger partial charge is 0.454 e. The van der Waals surface area contributed by atoms with Gasteiger partial charge in [0, 0.05) is 0 Å². The zero-order chi connectivity index (χ0) is 17.4. The van der Waals surface area contributed by atoms with E-state index in [1.165, 1.54) is 6.07 Å². The first kappa shape index (κ1) is 18.6. The molecule has 122 valence electrons. The van der Waals surface area contributed by atoms with Crippen molar-refractivity contribution in [1.29, 1.82) is 0 Å². The molecule has 0 aliphatic rings. The number of ether oxygens (including phenoxy) is 1. The Morgan fingerprint density at radius 2 is 1.59 bits per heavy atom. The molecule has 0 bridgehead atoms. The monoisotopic (exact) mass is 348 g/mol. The molecule has 0 fully saturated rings. The molecular formula is C10H7BF6O4S. The second-order valence-electron chi connectivity index (χ2n) is 4.04. The fourth-order valence-corrected chi connectivity index (χ4v) is 2.31. The van der Waals surface area contributed by atoms with Crippen LogP contribution < -0.4 is 4.74 Å². The first-order valence-corrected chi connectivity index (χ1v) is 6.79. The summed E-state index contributed by atoms with van der Waals surface area (Å²) in [7, 11) is -1.59. The second-order valence-corrected chi connectivity index (χ2v) is 5.57. The van der Waals surface area contributed by atoms with Crippen molar-refractivity contribution < 1.29 is 44.0 Å². The molecule has 0 aliphatic carbocycles. The van der Waals surface area contributed by atoms with Crippen molar-refractivity contribution in [2.24, 2.45) is 0 Å². The Labute approximate surface area is 122 Å². The topological polar surface area (TPSA) is 63.6 Å². The molecule has 0 heterocycles. The van der Waals surface area contributed by atoms with Crippen LogP contribution in [0.3, 0.4) is 0 Å². The largest absolute Gasteiger partial charge is 0.456 e. The van der Waals surface area contributed by atoms with E-state index in [9.17, 15) is 34.8 Å². The molecule has 0 spiro atoms. The minimum Gasteiger partial charge on any atom is -0.454 e. The minimum absolute atomic E-state index is 0.0890. The van der Waals surface area contributed by atoms with Crippen LogP contribution in [0.4, 0.5) is 26.3 Å². The molecule has 0 unspecified atom stereocenters. The van der Waals surface area contributed by atoms with Crippen molar-refractivity contribution in [1.82, 2.24) is 0 Å². The van der Waals surface area contributed by atoms with Gasteiger partial charge in [-0.3, -0.25) is 4.55 Å². The number of alkyl halides is 6. The Morgan fingerprint density at radius 3 is 1.95 bits per heavy atom. The molecule has 0 aliphatic heterocycles. The third-order valence-corrected chi connectivity index (χ3v) is 3.78. The van der Waals surface area contributed by atoms with Crippen LogP contribution in [0.2, 0.25) is 0 Å². The van der Waals surface area contributed by atoms with Crippen LogP contribution in [0.1, 0.15) is 5.56 Å². The minimum atomic E-state index is -6.76. The zero-order valence-corrected chi connectivity index (χ0v) is 11.3. The second kappa shape index (κ2) is 5.65. The van der Waals surface area contributed by atoms with Gasteiger partial charge in [-0.05, 0) is 12.1 Å². The number of benzene rings is 1. The van der Waals surface area contributed by atoms with Crippen LogP contribution in [0.15, 0.2) is 24.3 Å². The Hall–Kier alpha value is -1.43. The van der Waals surface area contributed by atoms with Gasteiger partial charge < -0.3 is 4.74 Å². The van der Waals surface area contributed by atoms with Crippen molar-refractivity contribution in [3.63, 3.8) is 0 Å². The summed E-state index contributed by atoms with van der Waals surface area (Å²) in [6.45, 7) is 0. The molecule has 0 atom stereocenters. The SMILES string of the molecule is [B]Cc1cccc(OC(C(F)(F)F)(C(F)(F)F)S(=O)(=O)O)c1. The van der Waals surface area contributed by atoms with Gasteiger partial charge in [0.15, 0.2) is 0 Å². The third kappa shape index (κ3) is 3.17. The molecule has 0 aromatic heterocycles. The van der Waals surface area contributed by atoms with Crippen molar-refractivity contribution in [3.8, 4) is 5.75 Å². The van der Waals surface area contributed by atoms with E-state index >= 15 is 0 Å². The van der Waals surface area contributed by atoms with Crippen molar-refractivity contribution in [2.75, 3.05) is 0 Å². The van der Waals surface area contributed by atoms with E-state index in [1.807, 2.05) is 0 Å². The Morgan fingerprint density at radius 1 is 1.09 bits per heavy atom. The van der Waals surface area contributed by atoms with Gasteiger partial charge in [0.2, 0.25) is 0 Å². The summed E-state index contributed by atoms with van der Waals surface area (Å²) in [5.74, 6) is -1.07. The molecule has 12 heteroatoms. The average Bonchev–Trinajstić information content (AvgIpc) is 2.31. The standard InChI is InChI=1S/C10H7BF6O4S/c11-5-6-2-1-3-7(4-6)21-8(9(12,13)14,10(15,16)17)22(18,19)20/h1-4H,5H2,(H,18,19,20). The predicted molar refractivity (Wildman–Crippen MR) is 62.9 cm³/mol. The Balaban J connectivity index is 3.58. The van der Waals surface area contributed by atoms with Gasteiger partial charge in [0.25, 0.3) is 0 Å². The highest BCUT2D eigenvalue weighted by Crippen LogP contribution is 2.49. The predicted octanol–water partition coefficient (Wildman–Crippen LogP) is 2.44. The molecule has 0 amide bonds. The van der Waals surface area contributed by atoms with Crippen molar-refractivity contribution in [3.05, 3.63) is 29.8 Å². The summed E-state index contributed by atoms with van der Waals surface area (Å²) in [4.78, 5) is -5.81. The maximum atomic E-state index is 12.8. The van der Waals surface area contributed by atoms with Crippen LogP contribution in [-0.2, 0) is 16.4 Å². The van der Waals surface area contributed by atoms with E-state index in [0.717, 1.165) is 6.07 Å². The third-order valence-electron chi connectivity index (χ3n) is 2.51. The van der Waals surface area contributed by atoms with E-state index in [2.05, 4.69) is 4.74 Å². The molecule has 1 N–H and O–H groups in total. The fraction of sp³-hybridized carbons (Fsp3) is 0.400. The lowest BCUT2D eigenvalue weighted by Gasteiger charge is -2.34. The van der Waals surface area contributed by atoms with Crippen LogP contribution in [0.25, 0.3) is 0 Å². The van der Waals surface area contributed by atoms with E-state index in [0.29, 0.717) is 12.1 Å². The van der Waals surface area contributed by atoms with Gasteiger partial charge in [-0.1, -0.05) is 24.0 Å². The molecule has 0 saturated carbocycles. The molecule has 4 nitrogen and oxygen atoms in total. The Bertz CT molecular complexity index is 626. The van der Waals surface area contributed by atoms with Gasteiger partial charge >= 0.3 is 27.4 Å². The van der Waals surface area contributed by atoms with E-state index in [1.54, 1.807) is 0 Å². The molecule has 0 saturated heterocycles. The zero-order valence-electron chi connectivity index (χ0n) is 10.4. The van der Waals surface area contributed by atoms with E-state index in [-0.39, 0.29) is 11.9 Å². The lowest BCUT2D eigenvalue weighted by Crippen LogP contribution is -2.65. The molecule has 22 heavy (non-hydrogen) atoms. The summed E-state index contributed by atoms with van der Waals surface area (Å²) < 4.78 is 111. The van der Waals surface area contributed by atoms with Crippen LogP contribution in [0, 0.1) is 0 Å². The van der Waals surface area contributed by atoms with Gasteiger partial charge in [-0.2, -0.15) is 34.8 Å². The normalized spacial score (nSPS) is 14.0.